The Morgan fingerprint density at radius 1 is 0.929 bits per heavy atom. The molecule has 0 saturated carbocycles. The van der Waals surface area contributed by atoms with Gasteiger partial charge >= 0.3 is 0 Å². The zero-order valence-corrected chi connectivity index (χ0v) is 25.1. The van der Waals surface area contributed by atoms with Crippen LogP contribution in [-0.4, -0.2) is 58.3 Å². The summed E-state index contributed by atoms with van der Waals surface area (Å²) in [5.74, 6) is 1.49. The van der Waals surface area contributed by atoms with Gasteiger partial charge in [0.25, 0.3) is 0 Å². The fourth-order valence-corrected chi connectivity index (χ4v) is 5.49. The average Bonchev–Trinajstić information content (AvgIpc) is 3.67. The van der Waals surface area contributed by atoms with Gasteiger partial charge in [0.15, 0.2) is 11.0 Å². The molecule has 3 aromatic heterocycles. The second-order valence-electron chi connectivity index (χ2n) is 10.3. The Balaban J connectivity index is 1.45. The molecule has 0 amide bonds. The summed E-state index contributed by atoms with van der Waals surface area (Å²) in [5, 5.41) is 26.3. The van der Waals surface area contributed by atoms with Gasteiger partial charge in [-0.25, -0.2) is 10.1 Å². The summed E-state index contributed by atoms with van der Waals surface area (Å²) in [4.78, 5) is 11.8. The molecule has 5 aromatic rings. The number of aryl methyl sites for hydroxylation is 1. The SMILES string of the molecule is CCCCc1nc(Cl)c(C(O)c2cccc(CN(CC)CC)n2)n1Cc1ccc(-c2ccccc2-c2nnn[nH]2)cc1. The van der Waals surface area contributed by atoms with E-state index in [0.29, 0.717) is 28.9 Å². The molecule has 3 heterocycles. The lowest BCUT2D eigenvalue weighted by molar-refractivity contribution is 0.204. The van der Waals surface area contributed by atoms with Crippen LogP contribution in [0.25, 0.3) is 22.5 Å². The van der Waals surface area contributed by atoms with Crippen molar-refractivity contribution >= 4 is 11.6 Å². The monoisotopic (exact) mass is 584 g/mol. The van der Waals surface area contributed by atoms with Gasteiger partial charge in [-0.3, -0.25) is 9.88 Å². The Morgan fingerprint density at radius 2 is 1.69 bits per heavy atom. The number of aliphatic hydroxyl groups excluding tert-OH is 1. The van der Waals surface area contributed by atoms with Crippen molar-refractivity contribution in [1.82, 2.24) is 40.1 Å². The molecule has 5 rings (SSSR count). The molecule has 10 heteroatoms. The smallest absolute Gasteiger partial charge is 0.180 e. The predicted molar refractivity (Wildman–Crippen MR) is 165 cm³/mol. The van der Waals surface area contributed by atoms with Crippen molar-refractivity contribution in [3.63, 3.8) is 0 Å². The fraction of sp³-hybridized carbons (Fsp3) is 0.344. The van der Waals surface area contributed by atoms with Gasteiger partial charge in [-0.15, -0.1) is 5.10 Å². The summed E-state index contributed by atoms with van der Waals surface area (Å²) in [6.07, 6.45) is 1.78. The van der Waals surface area contributed by atoms with Gasteiger partial charge in [-0.1, -0.05) is 93.4 Å². The van der Waals surface area contributed by atoms with Crippen LogP contribution in [0, 0.1) is 0 Å². The first-order valence-corrected chi connectivity index (χ1v) is 14.9. The zero-order chi connectivity index (χ0) is 29.5. The normalized spacial score (nSPS) is 12.2. The Bertz CT molecular complexity index is 1580. The molecule has 2 aromatic carbocycles. The lowest BCUT2D eigenvalue weighted by atomic mass is 9.98. The topological polar surface area (TPSA) is 109 Å². The molecule has 0 fully saturated rings. The van der Waals surface area contributed by atoms with Crippen LogP contribution in [0.2, 0.25) is 5.15 Å². The number of benzene rings is 2. The Hall–Kier alpha value is -3.92. The van der Waals surface area contributed by atoms with Crippen molar-refractivity contribution in [3.8, 4) is 22.5 Å². The molecule has 0 aliphatic heterocycles. The number of nitrogens with zero attached hydrogens (tertiary/aromatic N) is 7. The van der Waals surface area contributed by atoms with Gasteiger partial charge in [-0.2, -0.15) is 0 Å². The van der Waals surface area contributed by atoms with Gasteiger partial charge in [0.05, 0.1) is 17.1 Å². The third-order valence-corrected chi connectivity index (χ3v) is 7.85. The lowest BCUT2D eigenvalue weighted by Crippen LogP contribution is -2.23. The molecular weight excluding hydrogens is 548 g/mol. The summed E-state index contributed by atoms with van der Waals surface area (Å²) >= 11 is 6.73. The second-order valence-corrected chi connectivity index (χ2v) is 10.7. The van der Waals surface area contributed by atoms with Crippen molar-refractivity contribution in [3.05, 3.63) is 100 Å². The molecule has 1 atom stereocenters. The van der Waals surface area contributed by atoms with Crippen LogP contribution < -0.4 is 0 Å². The number of halogens is 1. The van der Waals surface area contributed by atoms with E-state index in [1.54, 1.807) is 0 Å². The molecule has 0 radical (unpaired) electrons. The largest absolute Gasteiger partial charge is 0.380 e. The number of aromatic nitrogens is 7. The van der Waals surface area contributed by atoms with Crippen molar-refractivity contribution in [2.75, 3.05) is 13.1 Å². The number of pyridine rings is 1. The highest BCUT2D eigenvalue weighted by atomic mass is 35.5. The van der Waals surface area contributed by atoms with Crippen LogP contribution in [-0.2, 0) is 19.5 Å². The van der Waals surface area contributed by atoms with E-state index in [0.717, 1.165) is 72.7 Å². The summed E-state index contributed by atoms with van der Waals surface area (Å²) < 4.78 is 2.06. The van der Waals surface area contributed by atoms with Gasteiger partial charge in [-0.05, 0) is 58.8 Å². The number of aliphatic hydroxyl groups is 1. The van der Waals surface area contributed by atoms with Gasteiger partial charge in [0.2, 0.25) is 0 Å². The fourth-order valence-electron chi connectivity index (χ4n) is 5.19. The standard InChI is InChI=1S/C32H37ClN8O/c1-4-7-15-28-35-31(33)29(30(42)27-14-10-11-24(34-27)21-40(5-2)6-3)41(28)20-22-16-18-23(19-17-22)25-12-8-9-13-26(25)32-36-38-39-37-32/h8-14,16-19,30,42H,4-7,15,20-21H2,1-3H3,(H,36,37,38,39). The molecule has 9 nitrogen and oxygen atoms in total. The highest BCUT2D eigenvalue weighted by molar-refractivity contribution is 6.30. The highest BCUT2D eigenvalue weighted by Gasteiger charge is 2.25. The minimum absolute atomic E-state index is 0.316. The van der Waals surface area contributed by atoms with Gasteiger partial charge in [0.1, 0.15) is 11.9 Å². The van der Waals surface area contributed by atoms with Crippen LogP contribution in [0.15, 0.2) is 66.7 Å². The molecule has 0 aliphatic carbocycles. The third kappa shape index (κ3) is 6.59. The van der Waals surface area contributed by atoms with Crippen molar-refractivity contribution in [1.29, 1.82) is 0 Å². The lowest BCUT2D eigenvalue weighted by Gasteiger charge is -2.19. The molecule has 0 saturated heterocycles. The molecule has 42 heavy (non-hydrogen) atoms. The third-order valence-electron chi connectivity index (χ3n) is 7.58. The molecule has 0 aliphatic rings. The number of tetrazole rings is 1. The number of rotatable bonds is 13. The number of aromatic amines is 1. The predicted octanol–water partition coefficient (Wildman–Crippen LogP) is 6.09. The molecule has 218 valence electrons. The zero-order valence-electron chi connectivity index (χ0n) is 24.3. The summed E-state index contributed by atoms with van der Waals surface area (Å²) in [5.41, 5.74) is 6.14. The maximum absolute atomic E-state index is 11.6. The second kappa shape index (κ2) is 13.8. The van der Waals surface area contributed by atoms with Crippen molar-refractivity contribution in [2.45, 2.75) is 59.2 Å². The molecule has 2 N–H and O–H groups in total. The summed E-state index contributed by atoms with van der Waals surface area (Å²) in [6.45, 7) is 9.55. The number of hydrogen-bond acceptors (Lipinski definition) is 7. The molecular formula is C32H37ClN8O. The van der Waals surface area contributed by atoms with E-state index in [4.69, 9.17) is 21.6 Å². The quantitative estimate of drug-likeness (QED) is 0.172. The Labute approximate surface area is 251 Å². The number of unbranched alkanes of at least 4 members (excludes halogenated alkanes) is 1. The Kier molecular flexibility index (Phi) is 9.74. The summed E-state index contributed by atoms with van der Waals surface area (Å²) in [7, 11) is 0. The first-order valence-electron chi connectivity index (χ1n) is 14.6. The van der Waals surface area contributed by atoms with Crippen LogP contribution in [0.1, 0.15) is 68.2 Å². The van der Waals surface area contributed by atoms with Crippen LogP contribution in [0.4, 0.5) is 0 Å². The van der Waals surface area contributed by atoms with Crippen molar-refractivity contribution < 1.29 is 5.11 Å². The number of imidazole rings is 1. The first-order chi connectivity index (χ1) is 20.5. The number of nitrogens with one attached hydrogen (secondary N) is 1. The maximum Gasteiger partial charge on any atom is 0.180 e. The highest BCUT2D eigenvalue weighted by Crippen LogP contribution is 2.32. The van der Waals surface area contributed by atoms with Crippen LogP contribution in [0.3, 0.4) is 0 Å². The van der Waals surface area contributed by atoms with E-state index in [2.05, 4.69) is 81.2 Å². The van der Waals surface area contributed by atoms with E-state index in [1.165, 1.54) is 0 Å². The van der Waals surface area contributed by atoms with E-state index < -0.39 is 6.10 Å². The first kappa shape index (κ1) is 29.6. The maximum atomic E-state index is 11.6. The van der Waals surface area contributed by atoms with E-state index in [9.17, 15) is 5.11 Å². The molecule has 1 unspecified atom stereocenters. The number of hydrogen-bond donors (Lipinski definition) is 2. The minimum atomic E-state index is -1.00. The van der Waals surface area contributed by atoms with E-state index in [-0.39, 0.29) is 0 Å². The summed E-state index contributed by atoms with van der Waals surface area (Å²) in [6, 6.07) is 22.2. The van der Waals surface area contributed by atoms with Crippen molar-refractivity contribution in [2.24, 2.45) is 0 Å². The molecule has 0 spiro atoms. The van der Waals surface area contributed by atoms with Gasteiger partial charge < -0.3 is 9.67 Å². The van der Waals surface area contributed by atoms with Crippen LogP contribution in [0.5, 0.6) is 0 Å². The minimum Gasteiger partial charge on any atom is -0.380 e. The molecule has 0 bridgehead atoms. The van der Waals surface area contributed by atoms with E-state index >= 15 is 0 Å². The Morgan fingerprint density at radius 3 is 2.38 bits per heavy atom. The number of H-pyrrole nitrogens is 1. The van der Waals surface area contributed by atoms with Crippen LogP contribution >= 0.6 is 11.6 Å². The average molecular weight is 585 g/mol. The van der Waals surface area contributed by atoms with Gasteiger partial charge in [0, 0.05) is 25.1 Å². The van der Waals surface area contributed by atoms with E-state index in [1.807, 2.05) is 36.4 Å².